The normalized spacial score (nSPS) is 16.2. The maximum absolute atomic E-state index is 14.0. The third-order valence-electron chi connectivity index (χ3n) is 3.62. The standard InChI is InChI=1S/C18H13FN2O4/c1-25-12-8-6-11(7-9-12)10-13-16(22)20-18(24)21(17(13)23)15-5-3-2-4-14(15)19/h2-10H,1H3,(H,20,22,24)/b13-10-. The number of para-hydroxylation sites is 1. The number of nitrogens with zero attached hydrogens (tertiary/aromatic N) is 1. The van der Waals surface area contributed by atoms with Crippen molar-refractivity contribution >= 4 is 29.6 Å². The Balaban J connectivity index is 2.00. The number of halogens is 1. The Labute approximate surface area is 142 Å². The molecule has 0 atom stereocenters. The van der Waals surface area contributed by atoms with Gasteiger partial charge in [-0.1, -0.05) is 24.3 Å². The van der Waals surface area contributed by atoms with Crippen molar-refractivity contribution in [3.05, 3.63) is 65.5 Å². The van der Waals surface area contributed by atoms with Crippen molar-refractivity contribution in [1.82, 2.24) is 5.32 Å². The zero-order valence-electron chi connectivity index (χ0n) is 13.2. The van der Waals surface area contributed by atoms with Gasteiger partial charge in [0.15, 0.2) is 0 Å². The van der Waals surface area contributed by atoms with Crippen LogP contribution < -0.4 is 15.0 Å². The predicted octanol–water partition coefficient (Wildman–Crippen LogP) is 2.50. The number of imide groups is 2. The first-order valence-electron chi connectivity index (χ1n) is 7.31. The molecule has 1 saturated heterocycles. The number of anilines is 1. The van der Waals surface area contributed by atoms with E-state index in [2.05, 4.69) is 0 Å². The summed E-state index contributed by atoms with van der Waals surface area (Å²) in [6.45, 7) is 0. The van der Waals surface area contributed by atoms with Crippen molar-refractivity contribution in [2.24, 2.45) is 0 Å². The Kier molecular flexibility index (Phi) is 4.30. The van der Waals surface area contributed by atoms with Crippen molar-refractivity contribution in [2.75, 3.05) is 12.0 Å². The fourth-order valence-corrected chi connectivity index (χ4v) is 2.38. The average Bonchev–Trinajstić information content (AvgIpc) is 2.60. The molecule has 0 unspecified atom stereocenters. The number of urea groups is 1. The summed E-state index contributed by atoms with van der Waals surface area (Å²) in [5.74, 6) is -1.86. The van der Waals surface area contributed by atoms with E-state index < -0.39 is 23.7 Å². The van der Waals surface area contributed by atoms with E-state index in [1.54, 1.807) is 24.3 Å². The molecule has 0 aliphatic carbocycles. The van der Waals surface area contributed by atoms with Gasteiger partial charge in [-0.05, 0) is 35.9 Å². The molecular weight excluding hydrogens is 327 g/mol. The van der Waals surface area contributed by atoms with Crippen LogP contribution in [0.15, 0.2) is 54.1 Å². The monoisotopic (exact) mass is 340 g/mol. The van der Waals surface area contributed by atoms with E-state index in [-0.39, 0.29) is 11.3 Å². The minimum atomic E-state index is -0.994. The summed E-state index contributed by atoms with van der Waals surface area (Å²) >= 11 is 0. The minimum absolute atomic E-state index is 0.224. The van der Waals surface area contributed by atoms with Crippen LogP contribution >= 0.6 is 0 Å². The quantitative estimate of drug-likeness (QED) is 0.688. The number of benzene rings is 2. The maximum atomic E-state index is 14.0. The van der Waals surface area contributed by atoms with Crippen LogP contribution in [0.5, 0.6) is 5.75 Å². The molecule has 1 N–H and O–H groups in total. The maximum Gasteiger partial charge on any atom is 0.336 e. The van der Waals surface area contributed by atoms with Gasteiger partial charge in [-0.15, -0.1) is 0 Å². The molecule has 3 rings (SSSR count). The van der Waals surface area contributed by atoms with Crippen molar-refractivity contribution < 1.29 is 23.5 Å². The molecule has 6 nitrogen and oxygen atoms in total. The second kappa shape index (κ2) is 6.56. The van der Waals surface area contributed by atoms with Gasteiger partial charge >= 0.3 is 6.03 Å². The molecule has 126 valence electrons. The molecule has 1 aliphatic rings. The van der Waals surface area contributed by atoms with Gasteiger partial charge in [-0.3, -0.25) is 14.9 Å². The van der Waals surface area contributed by atoms with Crippen LogP contribution in [0.3, 0.4) is 0 Å². The summed E-state index contributed by atoms with van der Waals surface area (Å²) in [6, 6.07) is 11.0. The predicted molar refractivity (Wildman–Crippen MR) is 88.4 cm³/mol. The summed E-state index contributed by atoms with van der Waals surface area (Å²) in [6.07, 6.45) is 1.33. The molecular formula is C18H13FN2O4. The first kappa shape index (κ1) is 16.4. The van der Waals surface area contributed by atoms with Gasteiger partial charge in [-0.25, -0.2) is 14.1 Å². The van der Waals surface area contributed by atoms with E-state index in [0.29, 0.717) is 16.2 Å². The van der Waals surface area contributed by atoms with Crippen LogP contribution in [0.1, 0.15) is 5.56 Å². The Morgan fingerprint density at radius 2 is 1.72 bits per heavy atom. The zero-order chi connectivity index (χ0) is 18.0. The van der Waals surface area contributed by atoms with Crippen molar-refractivity contribution in [3.8, 4) is 5.75 Å². The smallest absolute Gasteiger partial charge is 0.336 e. The molecule has 0 aromatic heterocycles. The number of nitrogens with one attached hydrogen (secondary N) is 1. The Morgan fingerprint density at radius 1 is 1.04 bits per heavy atom. The summed E-state index contributed by atoms with van der Waals surface area (Å²) in [5.41, 5.74) is 0.0632. The number of carbonyl (C=O) groups excluding carboxylic acids is 3. The van der Waals surface area contributed by atoms with Crippen LogP contribution in [0.4, 0.5) is 14.9 Å². The number of ether oxygens (including phenoxy) is 1. The van der Waals surface area contributed by atoms with Crippen LogP contribution in [-0.4, -0.2) is 25.0 Å². The number of methoxy groups -OCH3 is 1. The lowest BCUT2D eigenvalue weighted by atomic mass is 10.1. The Morgan fingerprint density at radius 3 is 2.36 bits per heavy atom. The first-order chi connectivity index (χ1) is 12.0. The lowest BCUT2D eigenvalue weighted by Gasteiger charge is -2.26. The van der Waals surface area contributed by atoms with Crippen molar-refractivity contribution in [2.45, 2.75) is 0 Å². The van der Waals surface area contributed by atoms with E-state index in [1.807, 2.05) is 5.32 Å². The van der Waals surface area contributed by atoms with Gasteiger partial charge in [0.25, 0.3) is 11.8 Å². The lowest BCUT2D eigenvalue weighted by molar-refractivity contribution is -0.122. The fourth-order valence-electron chi connectivity index (χ4n) is 2.38. The molecule has 2 aromatic carbocycles. The molecule has 1 fully saturated rings. The van der Waals surface area contributed by atoms with Crippen LogP contribution in [0.25, 0.3) is 6.08 Å². The van der Waals surface area contributed by atoms with Crippen molar-refractivity contribution in [3.63, 3.8) is 0 Å². The molecule has 4 amide bonds. The highest BCUT2D eigenvalue weighted by Gasteiger charge is 2.37. The largest absolute Gasteiger partial charge is 0.497 e. The van der Waals surface area contributed by atoms with E-state index in [4.69, 9.17) is 4.74 Å². The van der Waals surface area contributed by atoms with Crippen LogP contribution in [-0.2, 0) is 9.59 Å². The van der Waals surface area contributed by atoms with Gasteiger partial charge in [0.1, 0.15) is 17.1 Å². The SMILES string of the molecule is COc1ccc(/C=C2/C(=O)NC(=O)N(c3ccccc3F)C2=O)cc1. The minimum Gasteiger partial charge on any atom is -0.497 e. The van der Waals surface area contributed by atoms with Gasteiger partial charge in [-0.2, -0.15) is 0 Å². The van der Waals surface area contributed by atoms with Gasteiger partial charge < -0.3 is 4.74 Å². The summed E-state index contributed by atoms with van der Waals surface area (Å²) in [4.78, 5) is 37.3. The fraction of sp³-hybridized carbons (Fsp3) is 0.0556. The number of amides is 4. The van der Waals surface area contributed by atoms with Gasteiger partial charge in [0, 0.05) is 0 Å². The first-order valence-corrected chi connectivity index (χ1v) is 7.31. The number of hydrogen-bond donors (Lipinski definition) is 1. The van der Waals surface area contributed by atoms with Crippen LogP contribution in [0.2, 0.25) is 0 Å². The molecule has 7 heteroatoms. The summed E-state index contributed by atoms with van der Waals surface area (Å²) in [5, 5.41) is 2.05. The van der Waals surface area contributed by atoms with E-state index in [0.717, 1.165) is 6.07 Å². The summed E-state index contributed by atoms with van der Waals surface area (Å²) < 4.78 is 19.0. The summed E-state index contributed by atoms with van der Waals surface area (Å²) in [7, 11) is 1.52. The Hall–Kier alpha value is -3.48. The van der Waals surface area contributed by atoms with Crippen molar-refractivity contribution in [1.29, 1.82) is 0 Å². The average molecular weight is 340 g/mol. The number of rotatable bonds is 3. The van der Waals surface area contributed by atoms with E-state index >= 15 is 0 Å². The lowest BCUT2D eigenvalue weighted by Crippen LogP contribution is -2.54. The molecule has 0 bridgehead atoms. The third-order valence-corrected chi connectivity index (χ3v) is 3.62. The molecule has 0 saturated carbocycles. The van der Waals surface area contributed by atoms with Gasteiger partial charge in [0.2, 0.25) is 0 Å². The molecule has 2 aromatic rings. The number of hydrogen-bond acceptors (Lipinski definition) is 4. The van der Waals surface area contributed by atoms with Crippen LogP contribution in [0, 0.1) is 5.82 Å². The highest BCUT2D eigenvalue weighted by atomic mass is 19.1. The van der Waals surface area contributed by atoms with E-state index in [1.165, 1.54) is 31.4 Å². The second-order valence-corrected chi connectivity index (χ2v) is 5.18. The second-order valence-electron chi connectivity index (χ2n) is 5.18. The number of barbiturate groups is 1. The Bertz CT molecular complexity index is 890. The topological polar surface area (TPSA) is 75.7 Å². The highest BCUT2D eigenvalue weighted by Crippen LogP contribution is 2.24. The molecule has 25 heavy (non-hydrogen) atoms. The molecule has 1 heterocycles. The highest BCUT2D eigenvalue weighted by molar-refractivity contribution is 6.39. The third kappa shape index (κ3) is 3.12. The molecule has 1 aliphatic heterocycles. The zero-order valence-corrected chi connectivity index (χ0v) is 13.2. The number of carbonyl (C=O) groups is 3. The van der Waals surface area contributed by atoms with Gasteiger partial charge in [0.05, 0.1) is 12.8 Å². The van der Waals surface area contributed by atoms with E-state index in [9.17, 15) is 18.8 Å². The molecule has 0 spiro atoms. The molecule has 0 radical (unpaired) electrons.